The Kier molecular flexibility index (Phi) is 6.61. The third-order valence-electron chi connectivity index (χ3n) is 5.80. The summed E-state index contributed by atoms with van der Waals surface area (Å²) < 4.78 is 7.31. The van der Waals surface area contributed by atoms with Gasteiger partial charge in [0.2, 0.25) is 5.91 Å². The fraction of sp³-hybridized carbons (Fsp3) is 0.375. The first-order valence-electron chi connectivity index (χ1n) is 10.7. The van der Waals surface area contributed by atoms with Crippen LogP contribution in [0.1, 0.15) is 33.1 Å². The summed E-state index contributed by atoms with van der Waals surface area (Å²) in [5, 5.41) is 9.61. The Bertz CT molecular complexity index is 1010. The van der Waals surface area contributed by atoms with Crippen LogP contribution in [0.5, 0.6) is 5.75 Å². The van der Waals surface area contributed by atoms with Gasteiger partial charge in [-0.1, -0.05) is 42.1 Å². The van der Waals surface area contributed by atoms with Crippen LogP contribution in [0.2, 0.25) is 0 Å². The lowest BCUT2D eigenvalue weighted by atomic mass is 9.98. The van der Waals surface area contributed by atoms with Crippen LogP contribution in [-0.2, 0) is 4.79 Å². The van der Waals surface area contributed by atoms with E-state index in [9.17, 15) is 4.79 Å². The zero-order valence-corrected chi connectivity index (χ0v) is 19.0. The smallest absolute Gasteiger partial charge is 0.233 e. The highest BCUT2D eigenvalue weighted by atomic mass is 32.2. The van der Waals surface area contributed by atoms with Crippen molar-refractivity contribution < 1.29 is 9.53 Å². The number of hydrogen-bond acceptors (Lipinski definition) is 5. The number of benzene rings is 2. The van der Waals surface area contributed by atoms with Gasteiger partial charge in [-0.05, 0) is 57.4 Å². The molecule has 31 heavy (non-hydrogen) atoms. The van der Waals surface area contributed by atoms with Crippen LogP contribution in [0.4, 0.5) is 0 Å². The zero-order chi connectivity index (χ0) is 21.8. The molecular weight excluding hydrogens is 408 g/mol. The highest BCUT2D eigenvalue weighted by Gasteiger charge is 2.29. The fourth-order valence-electron chi connectivity index (χ4n) is 4.22. The molecule has 7 heteroatoms. The van der Waals surface area contributed by atoms with Crippen LogP contribution in [0, 0.1) is 0 Å². The van der Waals surface area contributed by atoms with Crippen molar-refractivity contribution in [1.82, 2.24) is 19.7 Å². The number of ether oxygens (including phenoxy) is 1. The second-order valence-electron chi connectivity index (χ2n) is 7.92. The number of amides is 1. The number of methoxy groups -OCH3 is 1. The lowest BCUT2D eigenvalue weighted by Gasteiger charge is -2.39. The Morgan fingerprint density at radius 2 is 1.71 bits per heavy atom. The fourth-order valence-corrected chi connectivity index (χ4v) is 5.04. The predicted molar refractivity (Wildman–Crippen MR) is 124 cm³/mol. The number of likely N-dealkylation sites (tertiary alicyclic amines) is 1. The molecule has 162 valence electrons. The van der Waals surface area contributed by atoms with Gasteiger partial charge in [-0.25, -0.2) is 0 Å². The number of aromatic nitrogens is 3. The Balaban J connectivity index is 1.63. The second kappa shape index (κ2) is 9.56. The van der Waals surface area contributed by atoms with Gasteiger partial charge in [-0.3, -0.25) is 9.36 Å². The van der Waals surface area contributed by atoms with Crippen LogP contribution in [0.15, 0.2) is 59.8 Å². The average Bonchev–Trinajstić information content (AvgIpc) is 3.22. The minimum Gasteiger partial charge on any atom is -0.497 e. The van der Waals surface area contributed by atoms with Crippen molar-refractivity contribution in [3.63, 3.8) is 0 Å². The van der Waals surface area contributed by atoms with Crippen LogP contribution in [0.25, 0.3) is 17.1 Å². The van der Waals surface area contributed by atoms with Crippen molar-refractivity contribution in [2.45, 2.75) is 50.4 Å². The molecule has 1 amide bonds. The van der Waals surface area contributed by atoms with E-state index in [4.69, 9.17) is 4.74 Å². The summed E-state index contributed by atoms with van der Waals surface area (Å²) in [6.07, 6.45) is 3.33. The first kappa shape index (κ1) is 21.4. The van der Waals surface area contributed by atoms with Crippen molar-refractivity contribution in [3.8, 4) is 22.8 Å². The lowest BCUT2D eigenvalue weighted by Crippen LogP contribution is -2.48. The van der Waals surface area contributed by atoms with E-state index in [1.165, 1.54) is 18.2 Å². The summed E-state index contributed by atoms with van der Waals surface area (Å²) in [7, 11) is 1.65. The van der Waals surface area contributed by atoms with Crippen LogP contribution >= 0.6 is 11.8 Å². The monoisotopic (exact) mass is 436 g/mol. The number of rotatable bonds is 6. The molecule has 2 heterocycles. The van der Waals surface area contributed by atoms with Crippen molar-refractivity contribution >= 4 is 17.7 Å². The molecule has 0 saturated carbocycles. The van der Waals surface area contributed by atoms with E-state index < -0.39 is 0 Å². The lowest BCUT2D eigenvalue weighted by molar-refractivity contribution is -0.134. The highest BCUT2D eigenvalue weighted by molar-refractivity contribution is 7.99. The summed E-state index contributed by atoms with van der Waals surface area (Å²) >= 11 is 1.44. The standard InChI is InChI=1S/C24H28N4O2S/c1-17-8-7-9-18(2)27(17)22(29)16-31-24-26-25-23(19-10-5-4-6-11-19)28(24)20-12-14-21(30-3)15-13-20/h4-6,10-15,17-18H,7-9,16H2,1-3H3/t17-,18-/m1/s1. The van der Waals surface area contributed by atoms with E-state index >= 15 is 0 Å². The Morgan fingerprint density at radius 3 is 2.35 bits per heavy atom. The maximum absolute atomic E-state index is 13.0. The van der Waals surface area contributed by atoms with E-state index in [2.05, 4.69) is 24.0 Å². The van der Waals surface area contributed by atoms with Gasteiger partial charge >= 0.3 is 0 Å². The van der Waals surface area contributed by atoms with E-state index in [-0.39, 0.29) is 18.0 Å². The van der Waals surface area contributed by atoms with E-state index in [0.29, 0.717) is 10.9 Å². The molecule has 1 aliphatic heterocycles. The third kappa shape index (κ3) is 4.61. The number of carbonyl (C=O) groups excluding carboxylic acids is 1. The number of piperidine rings is 1. The second-order valence-corrected chi connectivity index (χ2v) is 8.87. The topological polar surface area (TPSA) is 60.2 Å². The molecule has 0 radical (unpaired) electrons. The Hall–Kier alpha value is -2.80. The molecule has 1 fully saturated rings. The summed E-state index contributed by atoms with van der Waals surface area (Å²) in [5.41, 5.74) is 1.90. The SMILES string of the molecule is COc1ccc(-n2c(SCC(=O)N3[C@H](C)CCC[C@H]3C)nnc2-c2ccccc2)cc1. The van der Waals surface area contributed by atoms with Gasteiger partial charge in [0.15, 0.2) is 11.0 Å². The van der Waals surface area contributed by atoms with Gasteiger partial charge in [0.25, 0.3) is 0 Å². The largest absolute Gasteiger partial charge is 0.497 e. The molecule has 0 aliphatic carbocycles. The van der Waals surface area contributed by atoms with Gasteiger partial charge in [0.05, 0.1) is 12.9 Å². The van der Waals surface area contributed by atoms with E-state index in [0.717, 1.165) is 35.7 Å². The predicted octanol–water partition coefficient (Wildman–Crippen LogP) is 4.82. The van der Waals surface area contributed by atoms with Crippen LogP contribution in [-0.4, -0.2) is 50.5 Å². The number of carbonyl (C=O) groups is 1. The Morgan fingerprint density at radius 1 is 1.03 bits per heavy atom. The summed E-state index contributed by atoms with van der Waals surface area (Å²) in [6, 6.07) is 18.4. The summed E-state index contributed by atoms with van der Waals surface area (Å²) in [4.78, 5) is 15.1. The minimum atomic E-state index is 0.162. The van der Waals surface area contributed by atoms with Gasteiger partial charge < -0.3 is 9.64 Å². The third-order valence-corrected chi connectivity index (χ3v) is 6.72. The molecule has 0 spiro atoms. The Labute approximate surface area is 187 Å². The minimum absolute atomic E-state index is 0.162. The average molecular weight is 437 g/mol. The maximum Gasteiger partial charge on any atom is 0.233 e. The molecule has 0 bridgehead atoms. The molecule has 3 aromatic rings. The molecule has 0 N–H and O–H groups in total. The van der Waals surface area contributed by atoms with Crippen molar-refractivity contribution in [3.05, 3.63) is 54.6 Å². The maximum atomic E-state index is 13.0. The number of nitrogens with zero attached hydrogens (tertiary/aromatic N) is 4. The van der Waals surface area contributed by atoms with Crippen LogP contribution < -0.4 is 4.74 Å². The summed E-state index contributed by atoms with van der Waals surface area (Å²) in [6.45, 7) is 4.29. The number of thioether (sulfide) groups is 1. The zero-order valence-electron chi connectivity index (χ0n) is 18.2. The van der Waals surface area contributed by atoms with Crippen molar-refractivity contribution in [1.29, 1.82) is 0 Å². The van der Waals surface area contributed by atoms with Crippen LogP contribution in [0.3, 0.4) is 0 Å². The molecule has 6 nitrogen and oxygen atoms in total. The molecule has 1 aromatic heterocycles. The molecule has 2 aromatic carbocycles. The first-order valence-corrected chi connectivity index (χ1v) is 11.7. The molecule has 0 unspecified atom stereocenters. The van der Waals surface area contributed by atoms with Gasteiger partial charge in [0.1, 0.15) is 5.75 Å². The highest BCUT2D eigenvalue weighted by Crippen LogP contribution is 2.30. The molecule has 2 atom stereocenters. The summed E-state index contributed by atoms with van der Waals surface area (Å²) in [5.74, 6) is 2.05. The van der Waals surface area contributed by atoms with Gasteiger partial charge in [-0.15, -0.1) is 10.2 Å². The van der Waals surface area contributed by atoms with Gasteiger partial charge in [0, 0.05) is 23.3 Å². The van der Waals surface area contributed by atoms with Gasteiger partial charge in [-0.2, -0.15) is 0 Å². The molecule has 1 saturated heterocycles. The number of hydrogen-bond donors (Lipinski definition) is 0. The van der Waals surface area contributed by atoms with Crippen molar-refractivity contribution in [2.75, 3.05) is 12.9 Å². The molecular formula is C24H28N4O2S. The van der Waals surface area contributed by atoms with E-state index in [1.807, 2.05) is 64.1 Å². The van der Waals surface area contributed by atoms with E-state index in [1.54, 1.807) is 7.11 Å². The molecule has 1 aliphatic rings. The normalized spacial score (nSPS) is 18.7. The quantitative estimate of drug-likeness (QED) is 0.518. The van der Waals surface area contributed by atoms with Crippen molar-refractivity contribution in [2.24, 2.45) is 0 Å². The first-order chi connectivity index (χ1) is 15.1. The molecule has 4 rings (SSSR count).